The highest BCUT2D eigenvalue weighted by Gasteiger charge is 2.08. The molecule has 2 aromatic carbocycles. The zero-order valence-electron chi connectivity index (χ0n) is 9.08. The van der Waals surface area contributed by atoms with Gasteiger partial charge in [0, 0.05) is 16.7 Å². The molecular weight excluding hydrogens is 243 g/mol. The Kier molecular flexibility index (Phi) is 3.20. The zero-order chi connectivity index (χ0) is 12.4. The van der Waals surface area contributed by atoms with Crippen LogP contribution in [-0.4, -0.2) is 12.2 Å². The molecule has 0 unspecified atom stereocenters. The molecule has 4 heteroatoms. The summed E-state index contributed by atoms with van der Waals surface area (Å²) in [4.78, 5) is 0. The van der Waals surface area contributed by atoms with Crippen LogP contribution in [0.1, 0.15) is 0 Å². The van der Waals surface area contributed by atoms with Gasteiger partial charge in [0.25, 0.3) is 0 Å². The van der Waals surface area contributed by atoms with Gasteiger partial charge in [-0.1, -0.05) is 11.6 Å². The third-order valence-electron chi connectivity index (χ3n) is 2.37. The van der Waals surface area contributed by atoms with Crippen molar-refractivity contribution in [2.75, 3.05) is 7.11 Å². The van der Waals surface area contributed by atoms with E-state index in [0.717, 1.165) is 0 Å². The number of hydrogen-bond donors (Lipinski definition) is 1. The smallest absolute Gasteiger partial charge is 0.132 e. The molecule has 0 aliphatic heterocycles. The van der Waals surface area contributed by atoms with E-state index in [1.54, 1.807) is 18.2 Å². The van der Waals surface area contributed by atoms with Crippen molar-refractivity contribution in [3.05, 3.63) is 47.2 Å². The molecule has 0 atom stereocenters. The summed E-state index contributed by atoms with van der Waals surface area (Å²) >= 11 is 5.68. The lowest BCUT2D eigenvalue weighted by molar-refractivity contribution is 0.408. The van der Waals surface area contributed by atoms with E-state index in [1.165, 1.54) is 25.3 Å². The van der Waals surface area contributed by atoms with Crippen LogP contribution in [0.15, 0.2) is 36.4 Å². The molecule has 0 saturated carbocycles. The van der Waals surface area contributed by atoms with Gasteiger partial charge in [-0.25, -0.2) is 4.39 Å². The number of aromatic hydroxyl groups is 1. The Morgan fingerprint density at radius 3 is 2.59 bits per heavy atom. The predicted molar refractivity (Wildman–Crippen MR) is 65.1 cm³/mol. The van der Waals surface area contributed by atoms with Crippen molar-refractivity contribution in [1.82, 2.24) is 0 Å². The van der Waals surface area contributed by atoms with E-state index in [1.807, 2.05) is 0 Å². The van der Waals surface area contributed by atoms with Crippen LogP contribution < -0.4 is 4.74 Å². The molecule has 1 N–H and O–H groups in total. The van der Waals surface area contributed by atoms with Crippen molar-refractivity contribution in [2.24, 2.45) is 0 Å². The van der Waals surface area contributed by atoms with Gasteiger partial charge in [-0.2, -0.15) is 0 Å². The Balaban J connectivity index is 2.55. The number of rotatable bonds is 2. The van der Waals surface area contributed by atoms with E-state index in [9.17, 15) is 9.50 Å². The second-order valence-corrected chi connectivity index (χ2v) is 3.98. The Hall–Kier alpha value is -1.74. The van der Waals surface area contributed by atoms with Crippen LogP contribution in [0, 0.1) is 5.82 Å². The largest absolute Gasteiger partial charge is 0.508 e. The normalized spacial score (nSPS) is 10.3. The molecule has 2 aromatic rings. The average Bonchev–Trinajstić information content (AvgIpc) is 2.28. The number of halogens is 2. The molecule has 2 rings (SSSR count). The molecule has 2 nitrogen and oxygen atoms in total. The van der Waals surface area contributed by atoms with Gasteiger partial charge in [0.1, 0.15) is 17.3 Å². The second-order valence-electron chi connectivity index (χ2n) is 3.54. The summed E-state index contributed by atoms with van der Waals surface area (Å²) in [6, 6.07) is 8.95. The molecule has 0 saturated heterocycles. The maximum Gasteiger partial charge on any atom is 0.132 e. The maximum atomic E-state index is 13.7. The minimum atomic E-state index is -0.440. The van der Waals surface area contributed by atoms with Crippen LogP contribution in [0.25, 0.3) is 11.1 Å². The minimum absolute atomic E-state index is 0.0219. The molecule has 88 valence electrons. The number of phenols is 1. The molecule has 0 radical (unpaired) electrons. The maximum absolute atomic E-state index is 13.7. The van der Waals surface area contributed by atoms with Crippen LogP contribution in [0.3, 0.4) is 0 Å². The van der Waals surface area contributed by atoms with Gasteiger partial charge >= 0.3 is 0 Å². The summed E-state index contributed by atoms with van der Waals surface area (Å²) in [6.07, 6.45) is 0. The van der Waals surface area contributed by atoms with Gasteiger partial charge in [0.2, 0.25) is 0 Å². The van der Waals surface area contributed by atoms with E-state index in [2.05, 4.69) is 0 Å². The fourth-order valence-corrected chi connectivity index (χ4v) is 1.74. The fourth-order valence-electron chi connectivity index (χ4n) is 1.58. The molecular formula is C13H10ClFO2. The third kappa shape index (κ3) is 2.50. The summed E-state index contributed by atoms with van der Waals surface area (Å²) in [5.41, 5.74) is 0.902. The topological polar surface area (TPSA) is 29.5 Å². The number of methoxy groups -OCH3 is 1. The van der Waals surface area contributed by atoms with Gasteiger partial charge in [0.05, 0.1) is 7.11 Å². The van der Waals surface area contributed by atoms with Crippen molar-refractivity contribution < 1.29 is 14.2 Å². The van der Waals surface area contributed by atoms with Gasteiger partial charge in [-0.05, 0) is 35.9 Å². The Bertz CT molecular complexity index is 555. The molecule has 0 bridgehead atoms. The summed E-state index contributed by atoms with van der Waals surface area (Å²) in [6.45, 7) is 0. The lowest BCUT2D eigenvalue weighted by Gasteiger charge is -2.07. The zero-order valence-corrected chi connectivity index (χ0v) is 9.83. The Morgan fingerprint density at radius 2 is 1.94 bits per heavy atom. The third-order valence-corrected chi connectivity index (χ3v) is 2.60. The average molecular weight is 253 g/mol. The highest BCUT2D eigenvalue weighted by molar-refractivity contribution is 6.30. The second kappa shape index (κ2) is 4.63. The van der Waals surface area contributed by atoms with Gasteiger partial charge in [-0.3, -0.25) is 0 Å². The molecule has 0 amide bonds. The van der Waals surface area contributed by atoms with Gasteiger partial charge in [-0.15, -0.1) is 0 Å². The number of ether oxygens (including phenoxy) is 1. The highest BCUT2D eigenvalue weighted by Crippen LogP contribution is 2.31. The summed E-state index contributed by atoms with van der Waals surface area (Å²) in [5.74, 6) is 0.0493. The lowest BCUT2D eigenvalue weighted by atomic mass is 10.0. The van der Waals surface area contributed by atoms with E-state index in [0.29, 0.717) is 21.9 Å². The standard InChI is InChI=1S/C13H10ClFO2/c1-17-11-5-8(4-10(16)7-11)12-3-2-9(14)6-13(12)15/h2-7,16H,1H3. The molecule has 0 aromatic heterocycles. The van der Waals surface area contributed by atoms with Crippen molar-refractivity contribution in [1.29, 1.82) is 0 Å². The van der Waals surface area contributed by atoms with Gasteiger partial charge < -0.3 is 9.84 Å². The van der Waals surface area contributed by atoms with E-state index >= 15 is 0 Å². The minimum Gasteiger partial charge on any atom is -0.508 e. The van der Waals surface area contributed by atoms with Gasteiger partial charge in [0.15, 0.2) is 0 Å². The lowest BCUT2D eigenvalue weighted by Crippen LogP contribution is -1.87. The SMILES string of the molecule is COc1cc(O)cc(-c2ccc(Cl)cc2F)c1. The first-order valence-electron chi connectivity index (χ1n) is 4.93. The molecule has 0 fully saturated rings. The predicted octanol–water partition coefficient (Wildman–Crippen LogP) is 3.86. The monoisotopic (exact) mass is 252 g/mol. The van der Waals surface area contributed by atoms with Crippen LogP contribution in [0.4, 0.5) is 4.39 Å². The van der Waals surface area contributed by atoms with Crippen molar-refractivity contribution >= 4 is 11.6 Å². The van der Waals surface area contributed by atoms with Crippen LogP contribution in [-0.2, 0) is 0 Å². The Labute approximate surface area is 103 Å². The molecule has 0 heterocycles. The van der Waals surface area contributed by atoms with E-state index < -0.39 is 5.82 Å². The fraction of sp³-hybridized carbons (Fsp3) is 0.0769. The highest BCUT2D eigenvalue weighted by atomic mass is 35.5. The number of phenolic OH excluding ortho intramolecular Hbond substituents is 1. The van der Waals surface area contributed by atoms with Crippen LogP contribution in [0.5, 0.6) is 11.5 Å². The molecule has 0 aliphatic rings. The molecule has 0 spiro atoms. The first-order chi connectivity index (χ1) is 8.10. The van der Waals surface area contributed by atoms with E-state index in [4.69, 9.17) is 16.3 Å². The quantitative estimate of drug-likeness (QED) is 0.879. The Morgan fingerprint density at radius 1 is 1.18 bits per heavy atom. The summed E-state index contributed by atoms with van der Waals surface area (Å²) < 4.78 is 18.7. The van der Waals surface area contributed by atoms with Crippen LogP contribution >= 0.6 is 11.6 Å². The molecule has 0 aliphatic carbocycles. The van der Waals surface area contributed by atoms with Crippen molar-refractivity contribution in [2.45, 2.75) is 0 Å². The first-order valence-corrected chi connectivity index (χ1v) is 5.31. The summed E-state index contributed by atoms with van der Waals surface area (Å²) in [7, 11) is 1.48. The first kappa shape index (κ1) is 11.7. The molecule has 17 heavy (non-hydrogen) atoms. The van der Waals surface area contributed by atoms with Crippen molar-refractivity contribution in [3.8, 4) is 22.6 Å². The van der Waals surface area contributed by atoms with Crippen LogP contribution in [0.2, 0.25) is 5.02 Å². The van der Waals surface area contributed by atoms with Crippen molar-refractivity contribution in [3.63, 3.8) is 0 Å². The number of hydrogen-bond acceptors (Lipinski definition) is 2. The van der Waals surface area contributed by atoms with E-state index in [-0.39, 0.29) is 5.75 Å². The number of benzene rings is 2. The summed E-state index contributed by atoms with van der Waals surface area (Å²) in [5, 5.41) is 9.84.